The molecule has 3 aromatic carbocycles. The molecule has 0 unspecified atom stereocenters. The summed E-state index contributed by atoms with van der Waals surface area (Å²) >= 11 is 0. The van der Waals surface area contributed by atoms with Gasteiger partial charge in [0.25, 0.3) is 0 Å². The van der Waals surface area contributed by atoms with Crippen LogP contribution in [0, 0.1) is 11.6 Å². The van der Waals surface area contributed by atoms with Gasteiger partial charge in [0.15, 0.2) is 0 Å². The molecule has 29 heavy (non-hydrogen) atoms. The van der Waals surface area contributed by atoms with Crippen LogP contribution in [0.4, 0.5) is 8.78 Å². The molecular formula is C24H24F2N2O. The number of hydrogen-bond acceptors (Lipinski definition) is 2. The highest BCUT2D eigenvalue weighted by Gasteiger charge is 2.21. The zero-order valence-corrected chi connectivity index (χ0v) is 16.3. The van der Waals surface area contributed by atoms with Crippen LogP contribution in [0.25, 0.3) is 0 Å². The summed E-state index contributed by atoms with van der Waals surface area (Å²) in [6.45, 7) is 0.672. The lowest BCUT2D eigenvalue weighted by atomic mass is 9.97. The molecule has 0 aliphatic heterocycles. The Morgan fingerprint density at radius 3 is 2.03 bits per heavy atom. The third-order valence-corrected chi connectivity index (χ3v) is 4.78. The van der Waals surface area contributed by atoms with Crippen LogP contribution in [0.15, 0.2) is 78.9 Å². The average molecular weight is 394 g/mol. The van der Waals surface area contributed by atoms with Gasteiger partial charge in [-0.25, -0.2) is 8.78 Å². The maximum absolute atomic E-state index is 13.4. The number of benzene rings is 3. The number of hydrogen-bond donors (Lipinski definition) is 1. The summed E-state index contributed by atoms with van der Waals surface area (Å²) in [7, 11) is 1.88. The lowest BCUT2D eigenvalue weighted by molar-refractivity contribution is -0.122. The molecular weight excluding hydrogens is 370 g/mol. The second-order valence-corrected chi connectivity index (χ2v) is 7.01. The fraction of sp³-hybridized carbons (Fsp3) is 0.208. The largest absolute Gasteiger partial charge is 0.355 e. The standard InChI is InChI=1S/C24H24F2N2O/c1-28(17-23(29)27-16-15-18-7-11-21(25)12-8-18)24(19-5-3-2-4-6-19)20-9-13-22(26)14-10-20/h2-14,24H,15-17H2,1H3,(H,27,29)/t24-/m0/s1. The third kappa shape index (κ3) is 5.96. The SMILES string of the molecule is CN(CC(=O)NCCc1ccc(F)cc1)[C@@H](c1ccccc1)c1ccc(F)cc1. The second-order valence-electron chi connectivity index (χ2n) is 7.01. The van der Waals surface area contributed by atoms with Gasteiger partial charge in [-0.3, -0.25) is 9.69 Å². The molecule has 3 rings (SSSR count). The lowest BCUT2D eigenvalue weighted by Gasteiger charge is -2.28. The topological polar surface area (TPSA) is 32.3 Å². The van der Waals surface area contributed by atoms with Crippen molar-refractivity contribution in [1.82, 2.24) is 10.2 Å². The Balaban J connectivity index is 1.63. The molecule has 0 spiro atoms. The predicted octanol–water partition coefficient (Wildman–Crippen LogP) is 4.34. The molecule has 0 saturated carbocycles. The van der Waals surface area contributed by atoms with E-state index in [0.717, 1.165) is 16.7 Å². The molecule has 0 heterocycles. The van der Waals surface area contributed by atoms with Crippen LogP contribution in [0.3, 0.4) is 0 Å². The van der Waals surface area contributed by atoms with E-state index >= 15 is 0 Å². The molecule has 150 valence electrons. The third-order valence-electron chi connectivity index (χ3n) is 4.78. The van der Waals surface area contributed by atoms with E-state index in [1.165, 1.54) is 24.3 Å². The number of nitrogens with one attached hydrogen (secondary N) is 1. The zero-order valence-electron chi connectivity index (χ0n) is 16.3. The summed E-state index contributed by atoms with van der Waals surface area (Å²) in [4.78, 5) is 14.4. The molecule has 3 nitrogen and oxygen atoms in total. The molecule has 5 heteroatoms. The van der Waals surface area contributed by atoms with Crippen LogP contribution in [-0.2, 0) is 11.2 Å². The molecule has 0 aliphatic rings. The molecule has 3 aromatic rings. The van der Waals surface area contributed by atoms with E-state index < -0.39 is 0 Å². The number of nitrogens with zero attached hydrogens (tertiary/aromatic N) is 1. The van der Waals surface area contributed by atoms with Crippen molar-refractivity contribution < 1.29 is 13.6 Å². The number of amides is 1. The Hall–Kier alpha value is -3.05. The van der Waals surface area contributed by atoms with E-state index in [4.69, 9.17) is 0 Å². The van der Waals surface area contributed by atoms with Crippen LogP contribution >= 0.6 is 0 Å². The Labute approximate surface area is 170 Å². The minimum Gasteiger partial charge on any atom is -0.355 e. The van der Waals surface area contributed by atoms with E-state index in [0.29, 0.717) is 13.0 Å². The van der Waals surface area contributed by atoms with Crippen molar-refractivity contribution in [2.75, 3.05) is 20.1 Å². The van der Waals surface area contributed by atoms with Crippen LogP contribution in [-0.4, -0.2) is 30.9 Å². The number of halogens is 2. The minimum absolute atomic E-state index is 0.0994. The molecule has 0 aliphatic carbocycles. The molecule has 1 N–H and O–H groups in total. The van der Waals surface area contributed by atoms with Crippen molar-refractivity contribution in [3.63, 3.8) is 0 Å². The maximum Gasteiger partial charge on any atom is 0.234 e. The highest BCUT2D eigenvalue weighted by molar-refractivity contribution is 5.78. The van der Waals surface area contributed by atoms with Crippen molar-refractivity contribution in [2.24, 2.45) is 0 Å². The summed E-state index contributed by atoms with van der Waals surface area (Å²) < 4.78 is 26.3. The van der Waals surface area contributed by atoms with Gasteiger partial charge in [0.05, 0.1) is 12.6 Å². The summed E-state index contributed by atoms with van der Waals surface area (Å²) in [5, 5.41) is 2.91. The lowest BCUT2D eigenvalue weighted by Crippen LogP contribution is -2.38. The maximum atomic E-state index is 13.4. The highest BCUT2D eigenvalue weighted by Crippen LogP contribution is 2.27. The molecule has 0 aromatic heterocycles. The van der Waals surface area contributed by atoms with E-state index in [9.17, 15) is 13.6 Å². The fourth-order valence-electron chi connectivity index (χ4n) is 3.35. The van der Waals surface area contributed by atoms with Gasteiger partial charge in [-0.15, -0.1) is 0 Å². The predicted molar refractivity (Wildman–Crippen MR) is 110 cm³/mol. The van der Waals surface area contributed by atoms with E-state index in [-0.39, 0.29) is 30.1 Å². The Morgan fingerprint density at radius 2 is 1.41 bits per heavy atom. The van der Waals surface area contributed by atoms with Crippen LogP contribution in [0.5, 0.6) is 0 Å². The van der Waals surface area contributed by atoms with Gasteiger partial charge >= 0.3 is 0 Å². The molecule has 1 atom stereocenters. The molecule has 0 bridgehead atoms. The molecule has 0 fully saturated rings. The smallest absolute Gasteiger partial charge is 0.234 e. The highest BCUT2D eigenvalue weighted by atomic mass is 19.1. The average Bonchev–Trinajstić information content (AvgIpc) is 2.72. The Morgan fingerprint density at radius 1 is 0.862 bits per heavy atom. The minimum atomic E-state index is -0.290. The number of carbonyl (C=O) groups excluding carboxylic acids is 1. The fourth-order valence-corrected chi connectivity index (χ4v) is 3.35. The number of carbonyl (C=O) groups is 1. The van der Waals surface area contributed by atoms with Gasteiger partial charge in [0, 0.05) is 6.54 Å². The second kappa shape index (κ2) is 9.94. The first-order valence-corrected chi connectivity index (χ1v) is 9.55. The first kappa shape index (κ1) is 20.7. The van der Waals surface area contributed by atoms with Crippen LogP contribution < -0.4 is 5.32 Å². The zero-order chi connectivity index (χ0) is 20.6. The van der Waals surface area contributed by atoms with Gasteiger partial charge in [0.2, 0.25) is 5.91 Å². The van der Waals surface area contributed by atoms with Crippen molar-refractivity contribution in [3.05, 3.63) is 107 Å². The first-order chi connectivity index (χ1) is 14.0. The van der Waals surface area contributed by atoms with E-state index in [1.807, 2.05) is 42.3 Å². The van der Waals surface area contributed by atoms with Crippen LogP contribution in [0.1, 0.15) is 22.7 Å². The summed E-state index contributed by atoms with van der Waals surface area (Å²) in [5.74, 6) is -0.661. The summed E-state index contributed by atoms with van der Waals surface area (Å²) in [5.41, 5.74) is 2.91. The van der Waals surface area contributed by atoms with Crippen molar-refractivity contribution in [3.8, 4) is 0 Å². The molecule has 0 saturated heterocycles. The van der Waals surface area contributed by atoms with Crippen molar-refractivity contribution >= 4 is 5.91 Å². The monoisotopic (exact) mass is 394 g/mol. The first-order valence-electron chi connectivity index (χ1n) is 9.55. The van der Waals surface area contributed by atoms with E-state index in [1.54, 1.807) is 24.3 Å². The van der Waals surface area contributed by atoms with Crippen molar-refractivity contribution in [2.45, 2.75) is 12.5 Å². The van der Waals surface area contributed by atoms with Gasteiger partial charge in [-0.2, -0.15) is 0 Å². The van der Waals surface area contributed by atoms with Crippen molar-refractivity contribution in [1.29, 1.82) is 0 Å². The van der Waals surface area contributed by atoms with Gasteiger partial charge in [-0.1, -0.05) is 54.6 Å². The normalized spacial score (nSPS) is 12.0. The van der Waals surface area contributed by atoms with Gasteiger partial charge in [-0.05, 0) is 54.4 Å². The quantitative estimate of drug-likeness (QED) is 0.616. The number of rotatable bonds is 8. The molecule has 0 radical (unpaired) electrons. The van der Waals surface area contributed by atoms with E-state index in [2.05, 4.69) is 5.32 Å². The summed E-state index contributed by atoms with van der Waals surface area (Å²) in [6.07, 6.45) is 0.635. The van der Waals surface area contributed by atoms with Gasteiger partial charge in [0.1, 0.15) is 11.6 Å². The van der Waals surface area contributed by atoms with Gasteiger partial charge < -0.3 is 5.32 Å². The molecule has 1 amide bonds. The Kier molecular flexibility index (Phi) is 7.09. The Bertz CT molecular complexity index is 912. The van der Waals surface area contributed by atoms with Crippen LogP contribution in [0.2, 0.25) is 0 Å². The summed E-state index contributed by atoms with van der Waals surface area (Å²) in [6, 6.07) is 22.3. The number of likely N-dealkylation sites (N-methyl/N-ethyl adjacent to an activating group) is 1.